The maximum atomic E-state index is 5.93. The number of rotatable bonds is 4. The zero-order valence-corrected chi connectivity index (χ0v) is 11.6. The van der Waals surface area contributed by atoms with Crippen molar-refractivity contribution in [2.24, 2.45) is 0 Å². The van der Waals surface area contributed by atoms with E-state index in [1.54, 1.807) is 6.20 Å². The molecule has 2 aromatic rings. The van der Waals surface area contributed by atoms with Crippen LogP contribution in [0.4, 0.5) is 5.69 Å². The van der Waals surface area contributed by atoms with Gasteiger partial charge in [0, 0.05) is 30.7 Å². The van der Waals surface area contributed by atoms with Gasteiger partial charge in [-0.25, -0.2) is 0 Å². The molecule has 1 heterocycles. The summed E-state index contributed by atoms with van der Waals surface area (Å²) in [6.45, 7) is 0.798. The highest BCUT2D eigenvalue weighted by Gasteiger charge is 2.07. The van der Waals surface area contributed by atoms with Crippen molar-refractivity contribution in [1.82, 2.24) is 4.98 Å². The fourth-order valence-corrected chi connectivity index (χ4v) is 2.17. The fraction of sp³-hybridized carbons (Fsp3) is 0.214. The van der Waals surface area contributed by atoms with Gasteiger partial charge in [0.2, 0.25) is 0 Å². The van der Waals surface area contributed by atoms with E-state index in [2.05, 4.69) is 9.88 Å². The van der Waals surface area contributed by atoms with Crippen LogP contribution in [0.3, 0.4) is 0 Å². The van der Waals surface area contributed by atoms with Gasteiger partial charge in [0.25, 0.3) is 0 Å². The van der Waals surface area contributed by atoms with E-state index in [4.69, 9.17) is 23.2 Å². The van der Waals surface area contributed by atoms with Gasteiger partial charge in [-0.1, -0.05) is 23.7 Å². The fourth-order valence-electron chi connectivity index (χ4n) is 1.82. The van der Waals surface area contributed by atoms with Crippen molar-refractivity contribution >= 4 is 28.9 Å². The summed E-state index contributed by atoms with van der Waals surface area (Å²) in [4.78, 5) is 6.28. The van der Waals surface area contributed by atoms with Crippen molar-refractivity contribution in [3.63, 3.8) is 0 Å². The zero-order valence-electron chi connectivity index (χ0n) is 10.1. The summed E-state index contributed by atoms with van der Waals surface area (Å²) in [5, 5.41) is 0.754. The molecule has 0 radical (unpaired) electrons. The van der Waals surface area contributed by atoms with Crippen LogP contribution in [0.2, 0.25) is 5.02 Å². The van der Waals surface area contributed by atoms with Gasteiger partial charge in [0.15, 0.2) is 0 Å². The Labute approximate surface area is 117 Å². The SMILES string of the molecule is CN(Cc1ccc(Cl)cc1)c1cnccc1CCl. The summed E-state index contributed by atoms with van der Waals surface area (Å²) in [6, 6.07) is 9.79. The Morgan fingerprint density at radius 2 is 1.89 bits per heavy atom. The Hall–Kier alpha value is -1.25. The lowest BCUT2D eigenvalue weighted by Crippen LogP contribution is -2.17. The summed E-state index contributed by atoms with van der Waals surface area (Å²) >= 11 is 11.8. The van der Waals surface area contributed by atoms with Gasteiger partial charge in [0.05, 0.1) is 11.9 Å². The molecule has 0 saturated carbocycles. The first-order valence-electron chi connectivity index (χ1n) is 5.65. The van der Waals surface area contributed by atoms with Crippen LogP contribution in [-0.4, -0.2) is 12.0 Å². The van der Waals surface area contributed by atoms with E-state index >= 15 is 0 Å². The molecule has 1 aromatic carbocycles. The molecule has 2 rings (SSSR count). The predicted molar refractivity (Wildman–Crippen MR) is 77.4 cm³/mol. The van der Waals surface area contributed by atoms with E-state index < -0.39 is 0 Å². The van der Waals surface area contributed by atoms with Gasteiger partial charge < -0.3 is 4.90 Å². The van der Waals surface area contributed by atoms with E-state index in [0.29, 0.717) is 5.88 Å². The molecule has 94 valence electrons. The Bertz CT molecular complexity index is 511. The minimum absolute atomic E-state index is 0.489. The third kappa shape index (κ3) is 3.15. The maximum absolute atomic E-state index is 5.93. The van der Waals surface area contributed by atoms with Crippen LogP contribution in [0.5, 0.6) is 0 Å². The molecule has 0 bridgehead atoms. The average Bonchev–Trinajstić information content (AvgIpc) is 2.41. The number of nitrogens with zero attached hydrogens (tertiary/aromatic N) is 2. The number of alkyl halides is 1. The van der Waals surface area contributed by atoms with Gasteiger partial charge in [-0.15, -0.1) is 11.6 Å². The largest absolute Gasteiger partial charge is 0.369 e. The van der Waals surface area contributed by atoms with Crippen LogP contribution in [-0.2, 0) is 12.4 Å². The van der Waals surface area contributed by atoms with Crippen molar-refractivity contribution in [1.29, 1.82) is 0 Å². The Morgan fingerprint density at radius 1 is 1.17 bits per heavy atom. The highest BCUT2D eigenvalue weighted by molar-refractivity contribution is 6.30. The highest BCUT2D eigenvalue weighted by atomic mass is 35.5. The summed E-state index contributed by atoms with van der Waals surface area (Å²) in [7, 11) is 2.03. The summed E-state index contributed by atoms with van der Waals surface area (Å²) in [5.74, 6) is 0.489. The quantitative estimate of drug-likeness (QED) is 0.784. The Balaban J connectivity index is 2.16. The first kappa shape index (κ1) is 13.2. The summed E-state index contributed by atoms with van der Waals surface area (Å²) in [5.41, 5.74) is 3.34. The van der Waals surface area contributed by atoms with Gasteiger partial charge in [-0.3, -0.25) is 4.98 Å². The maximum Gasteiger partial charge on any atom is 0.0597 e. The molecule has 0 unspecified atom stereocenters. The third-order valence-corrected chi connectivity index (χ3v) is 3.32. The molecule has 0 saturated heterocycles. The molecule has 0 aliphatic heterocycles. The van der Waals surface area contributed by atoms with Crippen molar-refractivity contribution in [2.75, 3.05) is 11.9 Å². The second-order valence-electron chi connectivity index (χ2n) is 4.12. The summed E-state index contributed by atoms with van der Waals surface area (Å²) in [6.07, 6.45) is 3.60. The van der Waals surface area contributed by atoms with Gasteiger partial charge in [-0.2, -0.15) is 0 Å². The van der Waals surface area contributed by atoms with Crippen LogP contribution < -0.4 is 4.90 Å². The standard InChI is InChI=1S/C14H14Cl2N2/c1-18(10-11-2-4-13(16)5-3-11)14-9-17-7-6-12(14)8-15/h2-7,9H,8,10H2,1H3. The van der Waals surface area contributed by atoms with E-state index in [-0.39, 0.29) is 0 Å². The monoisotopic (exact) mass is 280 g/mol. The van der Waals surface area contributed by atoms with Crippen molar-refractivity contribution in [2.45, 2.75) is 12.4 Å². The molecular weight excluding hydrogens is 267 g/mol. The average molecular weight is 281 g/mol. The molecule has 4 heteroatoms. The molecule has 0 amide bonds. The minimum atomic E-state index is 0.489. The lowest BCUT2D eigenvalue weighted by Gasteiger charge is -2.21. The van der Waals surface area contributed by atoms with Crippen molar-refractivity contribution in [3.8, 4) is 0 Å². The molecule has 0 fully saturated rings. The molecule has 0 aliphatic rings. The van der Waals surface area contributed by atoms with Crippen LogP contribution in [0.15, 0.2) is 42.7 Å². The van der Waals surface area contributed by atoms with Crippen LogP contribution in [0.25, 0.3) is 0 Å². The predicted octanol–water partition coefficient (Wildman–Crippen LogP) is 4.11. The van der Waals surface area contributed by atoms with E-state index in [1.807, 2.05) is 43.6 Å². The van der Waals surface area contributed by atoms with Gasteiger partial charge in [-0.05, 0) is 29.3 Å². The number of hydrogen-bond acceptors (Lipinski definition) is 2. The molecule has 0 aliphatic carbocycles. The van der Waals surface area contributed by atoms with Crippen LogP contribution in [0.1, 0.15) is 11.1 Å². The number of benzene rings is 1. The van der Waals surface area contributed by atoms with Crippen molar-refractivity contribution < 1.29 is 0 Å². The molecular formula is C14H14Cl2N2. The van der Waals surface area contributed by atoms with Crippen LogP contribution >= 0.6 is 23.2 Å². The van der Waals surface area contributed by atoms with E-state index in [9.17, 15) is 0 Å². The second-order valence-corrected chi connectivity index (χ2v) is 4.82. The molecule has 18 heavy (non-hydrogen) atoms. The normalized spacial score (nSPS) is 10.4. The lowest BCUT2D eigenvalue weighted by atomic mass is 10.2. The molecule has 0 atom stereocenters. The molecule has 0 N–H and O–H groups in total. The van der Waals surface area contributed by atoms with Gasteiger partial charge >= 0.3 is 0 Å². The number of aromatic nitrogens is 1. The van der Waals surface area contributed by atoms with Crippen molar-refractivity contribution in [3.05, 3.63) is 58.9 Å². The second kappa shape index (κ2) is 6.07. The van der Waals surface area contributed by atoms with E-state index in [1.165, 1.54) is 5.56 Å². The Kier molecular flexibility index (Phi) is 4.45. The number of halogens is 2. The number of hydrogen-bond donors (Lipinski definition) is 0. The van der Waals surface area contributed by atoms with Gasteiger partial charge in [0.1, 0.15) is 0 Å². The molecule has 0 spiro atoms. The first-order chi connectivity index (χ1) is 8.70. The smallest absolute Gasteiger partial charge is 0.0597 e. The number of pyridine rings is 1. The first-order valence-corrected chi connectivity index (χ1v) is 6.56. The summed E-state index contributed by atoms with van der Waals surface area (Å²) < 4.78 is 0. The lowest BCUT2D eigenvalue weighted by molar-refractivity contribution is 0.910. The Morgan fingerprint density at radius 3 is 2.56 bits per heavy atom. The zero-order chi connectivity index (χ0) is 13.0. The van der Waals surface area contributed by atoms with E-state index in [0.717, 1.165) is 22.8 Å². The highest BCUT2D eigenvalue weighted by Crippen LogP contribution is 2.21. The minimum Gasteiger partial charge on any atom is -0.369 e. The van der Waals surface area contributed by atoms with Crippen LogP contribution in [0, 0.1) is 0 Å². The third-order valence-electron chi connectivity index (χ3n) is 2.78. The topological polar surface area (TPSA) is 16.1 Å². The molecule has 1 aromatic heterocycles. The number of anilines is 1. The molecule has 2 nitrogen and oxygen atoms in total.